The monoisotopic (exact) mass is 316 g/mol. The summed E-state index contributed by atoms with van der Waals surface area (Å²) in [4.78, 5) is 12.2. The lowest BCUT2D eigenvalue weighted by Crippen LogP contribution is -2.13. The van der Waals surface area contributed by atoms with Gasteiger partial charge in [-0.15, -0.1) is 0 Å². The molecule has 0 amide bonds. The number of fused-ring (bicyclic) bond motifs is 3. The molecule has 5 rings (SSSR count). The van der Waals surface area contributed by atoms with Crippen LogP contribution in [0.3, 0.4) is 0 Å². The molecule has 0 radical (unpaired) electrons. The molecule has 4 aromatic rings. The number of nitrogens with zero attached hydrogens (tertiary/aromatic N) is 3. The van der Waals surface area contributed by atoms with E-state index in [1.165, 1.54) is 59.7 Å². The number of aromatic amines is 1. The average Bonchev–Trinajstić information content (AvgIpc) is 3.27. The standard InChI is InChI=1S/C20H20N4/c1-2-6-16(7-3-1)24-18(14-5-4-9-21-12-14)11-15-13-23-20-17(19(15)24)8-10-22-20/h4-5,8-13,16H,1-3,6-7H2,(H,22,23). The van der Waals surface area contributed by atoms with Gasteiger partial charge in [-0.1, -0.05) is 19.3 Å². The largest absolute Gasteiger partial charge is 0.346 e. The molecule has 4 heterocycles. The van der Waals surface area contributed by atoms with Crippen molar-refractivity contribution in [3.8, 4) is 11.3 Å². The summed E-state index contributed by atoms with van der Waals surface area (Å²) in [7, 11) is 0. The number of hydrogen-bond donors (Lipinski definition) is 1. The third-order valence-corrected chi connectivity index (χ3v) is 5.28. The van der Waals surface area contributed by atoms with Gasteiger partial charge in [-0.05, 0) is 37.1 Å². The number of aromatic nitrogens is 4. The third-order valence-electron chi connectivity index (χ3n) is 5.28. The van der Waals surface area contributed by atoms with Crippen LogP contribution in [-0.2, 0) is 0 Å². The molecule has 4 aromatic heterocycles. The summed E-state index contributed by atoms with van der Waals surface area (Å²) in [6.07, 6.45) is 14.3. The van der Waals surface area contributed by atoms with E-state index in [-0.39, 0.29) is 0 Å². The highest BCUT2D eigenvalue weighted by Crippen LogP contribution is 2.39. The fourth-order valence-electron chi connectivity index (χ4n) is 4.18. The van der Waals surface area contributed by atoms with Crippen molar-refractivity contribution in [1.29, 1.82) is 0 Å². The summed E-state index contributed by atoms with van der Waals surface area (Å²) in [6, 6.07) is 9.16. The predicted molar refractivity (Wildman–Crippen MR) is 96.9 cm³/mol. The van der Waals surface area contributed by atoms with Crippen LogP contribution < -0.4 is 0 Å². The van der Waals surface area contributed by atoms with Gasteiger partial charge in [-0.2, -0.15) is 0 Å². The van der Waals surface area contributed by atoms with Gasteiger partial charge in [0.1, 0.15) is 5.65 Å². The maximum absolute atomic E-state index is 4.58. The second-order valence-corrected chi connectivity index (χ2v) is 6.74. The van der Waals surface area contributed by atoms with Gasteiger partial charge in [0.05, 0.1) is 11.2 Å². The Balaban J connectivity index is 1.84. The Kier molecular flexibility index (Phi) is 3.15. The van der Waals surface area contributed by atoms with Crippen LogP contribution in [0.1, 0.15) is 38.1 Å². The summed E-state index contributed by atoms with van der Waals surface area (Å²) < 4.78 is 2.56. The minimum atomic E-state index is 0.562. The second kappa shape index (κ2) is 5.48. The van der Waals surface area contributed by atoms with Crippen molar-refractivity contribution in [1.82, 2.24) is 19.5 Å². The lowest BCUT2D eigenvalue weighted by atomic mass is 9.94. The third kappa shape index (κ3) is 2.06. The van der Waals surface area contributed by atoms with Crippen LogP contribution in [0, 0.1) is 0 Å². The van der Waals surface area contributed by atoms with E-state index in [4.69, 9.17) is 0 Å². The molecule has 120 valence electrons. The molecule has 1 N–H and O–H groups in total. The molecule has 1 saturated carbocycles. The normalized spacial score (nSPS) is 16.2. The summed E-state index contributed by atoms with van der Waals surface area (Å²) >= 11 is 0. The van der Waals surface area contributed by atoms with E-state index in [0.29, 0.717) is 6.04 Å². The molecule has 0 saturated heterocycles. The highest BCUT2D eigenvalue weighted by atomic mass is 15.0. The first-order valence-electron chi connectivity index (χ1n) is 8.79. The van der Waals surface area contributed by atoms with E-state index in [0.717, 1.165) is 5.65 Å². The molecule has 0 bridgehead atoms. The zero-order valence-corrected chi connectivity index (χ0v) is 13.6. The second-order valence-electron chi connectivity index (χ2n) is 6.74. The van der Waals surface area contributed by atoms with Crippen LogP contribution in [0.2, 0.25) is 0 Å². The van der Waals surface area contributed by atoms with Crippen molar-refractivity contribution >= 4 is 21.9 Å². The number of hydrogen-bond acceptors (Lipinski definition) is 2. The molecular weight excluding hydrogens is 296 g/mol. The van der Waals surface area contributed by atoms with E-state index < -0.39 is 0 Å². The summed E-state index contributed by atoms with van der Waals surface area (Å²) in [5, 5.41) is 2.43. The van der Waals surface area contributed by atoms with Gasteiger partial charge in [0.15, 0.2) is 0 Å². The van der Waals surface area contributed by atoms with Crippen molar-refractivity contribution in [2.45, 2.75) is 38.1 Å². The van der Waals surface area contributed by atoms with Crippen molar-refractivity contribution in [3.05, 3.63) is 49.1 Å². The van der Waals surface area contributed by atoms with E-state index in [1.807, 2.05) is 30.9 Å². The Morgan fingerprint density at radius 2 is 2.00 bits per heavy atom. The van der Waals surface area contributed by atoms with Gasteiger partial charge in [0, 0.05) is 47.2 Å². The molecule has 1 fully saturated rings. The quantitative estimate of drug-likeness (QED) is 0.560. The Morgan fingerprint density at radius 3 is 2.83 bits per heavy atom. The topological polar surface area (TPSA) is 46.5 Å². The lowest BCUT2D eigenvalue weighted by molar-refractivity contribution is 0.363. The first-order valence-corrected chi connectivity index (χ1v) is 8.79. The van der Waals surface area contributed by atoms with Crippen molar-refractivity contribution in [2.24, 2.45) is 0 Å². The fraction of sp³-hybridized carbons (Fsp3) is 0.300. The van der Waals surface area contributed by atoms with Crippen LogP contribution in [-0.4, -0.2) is 19.5 Å². The SMILES string of the molecule is c1cncc(-c2cc3cnc4[nH]ccc4c3n2C2CCCCC2)c1. The summed E-state index contributed by atoms with van der Waals surface area (Å²) in [5.41, 5.74) is 4.73. The van der Waals surface area contributed by atoms with Crippen molar-refractivity contribution in [2.75, 3.05) is 0 Å². The predicted octanol–water partition coefficient (Wildman–Crippen LogP) is 5.08. The van der Waals surface area contributed by atoms with Gasteiger partial charge in [-0.3, -0.25) is 4.98 Å². The number of rotatable bonds is 2. The van der Waals surface area contributed by atoms with Gasteiger partial charge < -0.3 is 9.55 Å². The molecule has 4 nitrogen and oxygen atoms in total. The highest BCUT2D eigenvalue weighted by Gasteiger charge is 2.22. The van der Waals surface area contributed by atoms with E-state index in [9.17, 15) is 0 Å². The zero-order valence-electron chi connectivity index (χ0n) is 13.6. The van der Waals surface area contributed by atoms with Crippen LogP contribution in [0.15, 0.2) is 49.1 Å². The molecule has 24 heavy (non-hydrogen) atoms. The maximum atomic E-state index is 4.58. The summed E-state index contributed by atoms with van der Waals surface area (Å²) in [6.45, 7) is 0. The highest BCUT2D eigenvalue weighted by molar-refractivity contribution is 6.05. The van der Waals surface area contributed by atoms with Crippen LogP contribution >= 0.6 is 0 Å². The molecular formula is C20H20N4. The van der Waals surface area contributed by atoms with Gasteiger partial charge in [0.2, 0.25) is 0 Å². The number of H-pyrrole nitrogens is 1. The first-order chi connectivity index (χ1) is 11.9. The lowest BCUT2D eigenvalue weighted by Gasteiger charge is -2.26. The Bertz CT molecular complexity index is 991. The van der Waals surface area contributed by atoms with E-state index in [1.54, 1.807) is 0 Å². The zero-order chi connectivity index (χ0) is 15.9. The molecule has 0 aliphatic heterocycles. The number of pyridine rings is 2. The summed E-state index contributed by atoms with van der Waals surface area (Å²) in [5.74, 6) is 0. The molecule has 0 unspecified atom stereocenters. The first kappa shape index (κ1) is 13.8. The molecule has 0 atom stereocenters. The van der Waals surface area contributed by atoms with E-state index in [2.05, 4.69) is 37.7 Å². The molecule has 0 aromatic carbocycles. The smallest absolute Gasteiger partial charge is 0.139 e. The molecule has 0 spiro atoms. The van der Waals surface area contributed by atoms with Crippen LogP contribution in [0.5, 0.6) is 0 Å². The molecule has 1 aliphatic rings. The molecule has 1 aliphatic carbocycles. The average molecular weight is 316 g/mol. The molecule has 4 heteroatoms. The van der Waals surface area contributed by atoms with Gasteiger partial charge in [0.25, 0.3) is 0 Å². The Morgan fingerprint density at radius 1 is 1.08 bits per heavy atom. The van der Waals surface area contributed by atoms with Gasteiger partial charge in [-0.25, -0.2) is 4.98 Å². The fourth-order valence-corrected chi connectivity index (χ4v) is 4.18. The van der Waals surface area contributed by atoms with Crippen LogP contribution in [0.25, 0.3) is 33.2 Å². The van der Waals surface area contributed by atoms with Crippen molar-refractivity contribution in [3.63, 3.8) is 0 Å². The minimum absolute atomic E-state index is 0.562. The number of nitrogens with one attached hydrogen (secondary N) is 1. The van der Waals surface area contributed by atoms with Crippen LogP contribution in [0.4, 0.5) is 0 Å². The maximum Gasteiger partial charge on any atom is 0.139 e. The van der Waals surface area contributed by atoms with Crippen molar-refractivity contribution < 1.29 is 0 Å². The van der Waals surface area contributed by atoms with E-state index >= 15 is 0 Å². The Labute approximate surface area is 140 Å². The van der Waals surface area contributed by atoms with Gasteiger partial charge >= 0.3 is 0 Å². The minimum Gasteiger partial charge on any atom is -0.346 e. The Hall–Kier alpha value is -2.62.